The number of aromatic nitrogens is 1. The third kappa shape index (κ3) is 5.47. The predicted octanol–water partition coefficient (Wildman–Crippen LogP) is 2.55. The van der Waals surface area contributed by atoms with Crippen molar-refractivity contribution in [3.8, 4) is 5.75 Å². The lowest BCUT2D eigenvalue weighted by molar-refractivity contribution is 0.0824. The van der Waals surface area contributed by atoms with Gasteiger partial charge in [-0.05, 0) is 43.2 Å². The molecule has 0 unspecified atom stereocenters. The first-order valence-corrected chi connectivity index (χ1v) is 8.35. The first kappa shape index (κ1) is 19.2. The maximum Gasteiger partial charge on any atom is 0.319 e. The molecule has 0 aliphatic heterocycles. The van der Waals surface area contributed by atoms with Gasteiger partial charge >= 0.3 is 6.03 Å². The molecule has 1 aromatic heterocycles. The first-order chi connectivity index (χ1) is 12.5. The van der Waals surface area contributed by atoms with E-state index in [0.717, 1.165) is 18.5 Å². The summed E-state index contributed by atoms with van der Waals surface area (Å²) in [7, 11) is 4.83. The zero-order valence-electron chi connectivity index (χ0n) is 15.3. The van der Waals surface area contributed by atoms with Gasteiger partial charge in [-0.3, -0.25) is 9.78 Å². The molecule has 1 aromatic carbocycles. The van der Waals surface area contributed by atoms with Crippen molar-refractivity contribution in [1.82, 2.24) is 15.2 Å². The van der Waals surface area contributed by atoms with Crippen LogP contribution < -0.4 is 15.4 Å². The second-order valence-corrected chi connectivity index (χ2v) is 5.92. The van der Waals surface area contributed by atoms with Crippen LogP contribution in [0.5, 0.6) is 5.75 Å². The number of urea groups is 1. The molecule has 1 heterocycles. The molecule has 7 nitrogen and oxygen atoms in total. The van der Waals surface area contributed by atoms with Crippen LogP contribution in [0.15, 0.2) is 42.6 Å². The Morgan fingerprint density at radius 1 is 1.19 bits per heavy atom. The maximum atomic E-state index is 12.2. The molecule has 0 aliphatic carbocycles. The lowest BCUT2D eigenvalue weighted by Gasteiger charge is -2.15. The van der Waals surface area contributed by atoms with E-state index in [0.29, 0.717) is 23.5 Å². The Kier molecular flexibility index (Phi) is 6.96. The number of rotatable bonds is 7. The van der Waals surface area contributed by atoms with Crippen LogP contribution in [-0.4, -0.2) is 49.6 Å². The van der Waals surface area contributed by atoms with Gasteiger partial charge in [0, 0.05) is 38.2 Å². The molecule has 0 atom stereocenters. The van der Waals surface area contributed by atoms with Crippen LogP contribution in [0.4, 0.5) is 10.5 Å². The first-order valence-electron chi connectivity index (χ1n) is 8.35. The third-order valence-corrected chi connectivity index (χ3v) is 3.72. The molecular formula is C19H24N4O3. The van der Waals surface area contributed by atoms with Crippen molar-refractivity contribution in [2.24, 2.45) is 0 Å². The molecule has 2 N–H and O–H groups in total. The highest BCUT2D eigenvalue weighted by molar-refractivity contribution is 5.99. The number of benzene rings is 1. The Balaban J connectivity index is 1.88. The van der Waals surface area contributed by atoms with E-state index in [1.165, 1.54) is 12.0 Å². The van der Waals surface area contributed by atoms with Gasteiger partial charge in [-0.1, -0.05) is 6.07 Å². The van der Waals surface area contributed by atoms with Gasteiger partial charge < -0.3 is 20.3 Å². The molecule has 3 amide bonds. The van der Waals surface area contributed by atoms with E-state index in [1.54, 1.807) is 38.5 Å². The van der Waals surface area contributed by atoms with E-state index in [-0.39, 0.29) is 11.9 Å². The molecule has 7 heteroatoms. The normalized spacial score (nSPS) is 10.1. The number of anilines is 1. The molecule has 2 aromatic rings. The third-order valence-electron chi connectivity index (χ3n) is 3.72. The topological polar surface area (TPSA) is 83.6 Å². The molecule has 0 bridgehead atoms. The van der Waals surface area contributed by atoms with Gasteiger partial charge in [-0.15, -0.1) is 0 Å². The van der Waals surface area contributed by atoms with Crippen molar-refractivity contribution < 1.29 is 14.3 Å². The van der Waals surface area contributed by atoms with Gasteiger partial charge in [0.25, 0.3) is 5.91 Å². The fourth-order valence-electron chi connectivity index (χ4n) is 2.39. The highest BCUT2D eigenvalue weighted by Gasteiger charge is 2.15. The zero-order chi connectivity index (χ0) is 18.9. The molecule has 0 fully saturated rings. The van der Waals surface area contributed by atoms with Crippen LogP contribution in [0.25, 0.3) is 0 Å². The summed E-state index contributed by atoms with van der Waals surface area (Å²) in [6, 6.07) is 10.4. The second kappa shape index (κ2) is 9.41. The van der Waals surface area contributed by atoms with Gasteiger partial charge in [0.15, 0.2) is 0 Å². The fraction of sp³-hybridized carbons (Fsp3) is 0.316. The average Bonchev–Trinajstić information content (AvgIpc) is 2.65. The molecule has 138 valence electrons. The molecule has 2 rings (SSSR count). The summed E-state index contributed by atoms with van der Waals surface area (Å²) in [5.74, 6) is 0.270. The zero-order valence-corrected chi connectivity index (χ0v) is 15.3. The number of carbonyl (C=O) groups excluding carboxylic acids is 2. The highest BCUT2D eigenvalue weighted by atomic mass is 16.5. The minimum Gasteiger partial charge on any atom is -0.496 e. The van der Waals surface area contributed by atoms with Gasteiger partial charge in [-0.2, -0.15) is 0 Å². The number of methoxy groups -OCH3 is 1. The number of carbonyl (C=O) groups is 2. The largest absolute Gasteiger partial charge is 0.496 e. The van der Waals surface area contributed by atoms with Crippen LogP contribution in [-0.2, 0) is 6.42 Å². The van der Waals surface area contributed by atoms with Crippen molar-refractivity contribution in [1.29, 1.82) is 0 Å². The summed E-state index contributed by atoms with van der Waals surface area (Å²) >= 11 is 0. The average molecular weight is 356 g/mol. The minimum absolute atomic E-state index is 0.193. The van der Waals surface area contributed by atoms with E-state index in [9.17, 15) is 9.59 Å². The summed E-state index contributed by atoms with van der Waals surface area (Å²) in [6.45, 7) is 0.530. The van der Waals surface area contributed by atoms with E-state index in [2.05, 4.69) is 15.6 Å². The summed E-state index contributed by atoms with van der Waals surface area (Å²) in [6.07, 6.45) is 3.34. The van der Waals surface area contributed by atoms with E-state index < -0.39 is 0 Å². The number of amides is 3. The number of nitrogens with one attached hydrogen (secondary N) is 2. The Morgan fingerprint density at radius 3 is 2.65 bits per heavy atom. The standard InChI is InChI=1S/C19H24N4O3/c1-23(2)18(24)16-13-15(9-10-17(16)26-3)22-19(25)21-12-6-8-14-7-4-5-11-20-14/h4-5,7,9-11,13H,6,8,12H2,1-3H3,(H2,21,22,25). The smallest absolute Gasteiger partial charge is 0.319 e. The fourth-order valence-corrected chi connectivity index (χ4v) is 2.39. The Labute approximate surface area is 153 Å². The van der Waals surface area contributed by atoms with Gasteiger partial charge in [0.05, 0.1) is 12.7 Å². The Hall–Kier alpha value is -3.09. The number of pyridine rings is 1. The van der Waals surface area contributed by atoms with Crippen molar-refractivity contribution in [3.05, 3.63) is 53.9 Å². The number of aryl methyl sites for hydroxylation is 1. The Morgan fingerprint density at radius 2 is 2.00 bits per heavy atom. The summed E-state index contributed by atoms with van der Waals surface area (Å²) < 4.78 is 5.22. The summed E-state index contributed by atoms with van der Waals surface area (Å²) in [5, 5.41) is 5.53. The van der Waals surface area contributed by atoms with E-state index in [4.69, 9.17) is 4.74 Å². The molecule has 0 saturated carbocycles. The summed E-state index contributed by atoms with van der Waals surface area (Å²) in [4.78, 5) is 29.9. The van der Waals surface area contributed by atoms with Crippen molar-refractivity contribution in [2.45, 2.75) is 12.8 Å². The van der Waals surface area contributed by atoms with E-state index in [1.807, 2.05) is 18.2 Å². The van der Waals surface area contributed by atoms with Crippen molar-refractivity contribution >= 4 is 17.6 Å². The molecule has 0 spiro atoms. The van der Waals surface area contributed by atoms with Crippen LogP contribution in [0.2, 0.25) is 0 Å². The minimum atomic E-state index is -0.320. The van der Waals surface area contributed by atoms with Crippen LogP contribution in [0.3, 0.4) is 0 Å². The molecule has 0 aliphatic rings. The Bertz CT molecular complexity index is 748. The van der Waals surface area contributed by atoms with Crippen LogP contribution in [0, 0.1) is 0 Å². The molecule has 0 radical (unpaired) electrons. The van der Waals surface area contributed by atoms with Gasteiger partial charge in [-0.25, -0.2) is 4.79 Å². The predicted molar refractivity (Wildman–Crippen MR) is 101 cm³/mol. The van der Waals surface area contributed by atoms with Crippen LogP contribution >= 0.6 is 0 Å². The van der Waals surface area contributed by atoms with Crippen LogP contribution in [0.1, 0.15) is 22.5 Å². The van der Waals surface area contributed by atoms with Gasteiger partial charge in [0.1, 0.15) is 5.75 Å². The van der Waals surface area contributed by atoms with E-state index >= 15 is 0 Å². The van der Waals surface area contributed by atoms with Gasteiger partial charge in [0.2, 0.25) is 0 Å². The number of nitrogens with zero attached hydrogens (tertiary/aromatic N) is 2. The number of hydrogen-bond donors (Lipinski definition) is 2. The lowest BCUT2D eigenvalue weighted by atomic mass is 10.1. The molecule has 26 heavy (non-hydrogen) atoms. The quantitative estimate of drug-likeness (QED) is 0.747. The SMILES string of the molecule is COc1ccc(NC(=O)NCCCc2ccccn2)cc1C(=O)N(C)C. The monoisotopic (exact) mass is 356 g/mol. The molecule has 0 saturated heterocycles. The number of hydrogen-bond acceptors (Lipinski definition) is 4. The second-order valence-electron chi connectivity index (χ2n) is 5.92. The van der Waals surface area contributed by atoms with Crippen molar-refractivity contribution in [3.63, 3.8) is 0 Å². The number of ether oxygens (including phenoxy) is 1. The summed E-state index contributed by atoms with van der Waals surface area (Å²) in [5.41, 5.74) is 1.92. The maximum absolute atomic E-state index is 12.2. The lowest BCUT2D eigenvalue weighted by Crippen LogP contribution is -2.30. The van der Waals surface area contributed by atoms with Crippen molar-refractivity contribution in [2.75, 3.05) is 33.1 Å². The molecular weight excluding hydrogens is 332 g/mol. The highest BCUT2D eigenvalue weighted by Crippen LogP contribution is 2.23.